The van der Waals surface area contributed by atoms with E-state index < -0.39 is 5.97 Å². The lowest BCUT2D eigenvalue weighted by Crippen LogP contribution is -2.33. The molecule has 124 valence electrons. The lowest BCUT2D eigenvalue weighted by molar-refractivity contribution is -0.132. The summed E-state index contributed by atoms with van der Waals surface area (Å²) in [6, 6.07) is 14.2. The van der Waals surface area contributed by atoms with Gasteiger partial charge in [0, 0.05) is 19.2 Å². The summed E-state index contributed by atoms with van der Waals surface area (Å²) in [5.74, 6) is -0.322. The number of benzene rings is 2. The number of para-hydroxylation sites is 1. The zero-order chi connectivity index (χ0) is 17.1. The molecule has 2 aromatic rings. The summed E-state index contributed by atoms with van der Waals surface area (Å²) < 4.78 is 5.61. The molecule has 0 unspecified atom stereocenters. The van der Waals surface area contributed by atoms with E-state index in [-0.39, 0.29) is 17.4 Å². The molecule has 0 aliphatic carbocycles. The van der Waals surface area contributed by atoms with Gasteiger partial charge in [0.2, 0.25) is 5.91 Å². The van der Waals surface area contributed by atoms with Crippen molar-refractivity contribution in [3.8, 4) is 5.75 Å². The highest BCUT2D eigenvalue weighted by atomic mass is 16.5. The van der Waals surface area contributed by atoms with Crippen LogP contribution in [0.2, 0.25) is 0 Å². The number of amides is 1. The van der Waals surface area contributed by atoms with Crippen molar-refractivity contribution in [2.45, 2.75) is 18.9 Å². The second kappa shape index (κ2) is 6.74. The summed E-state index contributed by atoms with van der Waals surface area (Å²) in [6.07, 6.45) is 0.665. The van der Waals surface area contributed by atoms with Crippen molar-refractivity contribution in [2.75, 3.05) is 13.7 Å². The fourth-order valence-electron chi connectivity index (χ4n) is 2.97. The number of hydrogen-bond acceptors (Lipinski definition) is 3. The van der Waals surface area contributed by atoms with Crippen LogP contribution in [-0.4, -0.2) is 35.5 Å². The highest BCUT2D eigenvalue weighted by Crippen LogP contribution is 2.34. The Morgan fingerprint density at radius 2 is 1.88 bits per heavy atom. The van der Waals surface area contributed by atoms with E-state index in [1.165, 1.54) is 0 Å². The van der Waals surface area contributed by atoms with Crippen LogP contribution >= 0.6 is 0 Å². The number of carboxylic acids is 1. The first kappa shape index (κ1) is 16.1. The number of hydrogen-bond donors (Lipinski definition) is 1. The van der Waals surface area contributed by atoms with E-state index >= 15 is 0 Å². The molecule has 1 N–H and O–H groups in total. The molecule has 1 atom stereocenters. The number of likely N-dealkylation sites (N-methyl/N-ethyl adjacent to an activating group) is 1. The maximum absolute atomic E-state index is 12.8. The number of rotatable bonds is 4. The van der Waals surface area contributed by atoms with Gasteiger partial charge in [0.05, 0.1) is 18.1 Å². The molecule has 3 rings (SSSR count). The molecule has 1 heterocycles. The number of ether oxygens (including phenoxy) is 1. The van der Waals surface area contributed by atoms with Crippen molar-refractivity contribution in [3.63, 3.8) is 0 Å². The van der Waals surface area contributed by atoms with Gasteiger partial charge in [-0.05, 0) is 30.2 Å². The molecule has 1 aliphatic rings. The first-order valence-electron chi connectivity index (χ1n) is 7.85. The van der Waals surface area contributed by atoms with Crippen LogP contribution in [0.25, 0.3) is 0 Å². The van der Waals surface area contributed by atoms with E-state index in [4.69, 9.17) is 9.84 Å². The molecule has 0 bridgehead atoms. The van der Waals surface area contributed by atoms with E-state index in [9.17, 15) is 9.59 Å². The van der Waals surface area contributed by atoms with Crippen LogP contribution in [0, 0.1) is 0 Å². The van der Waals surface area contributed by atoms with Gasteiger partial charge in [-0.1, -0.05) is 30.3 Å². The molecule has 1 amide bonds. The monoisotopic (exact) mass is 325 g/mol. The second-order valence-corrected chi connectivity index (χ2v) is 5.92. The first-order valence-corrected chi connectivity index (χ1v) is 7.85. The predicted octanol–water partition coefficient (Wildman–Crippen LogP) is 2.91. The van der Waals surface area contributed by atoms with E-state index in [1.807, 2.05) is 24.3 Å². The van der Waals surface area contributed by atoms with Crippen molar-refractivity contribution in [2.24, 2.45) is 0 Å². The molecule has 2 aromatic carbocycles. The average molecular weight is 325 g/mol. The molecule has 0 saturated heterocycles. The van der Waals surface area contributed by atoms with Crippen LogP contribution < -0.4 is 4.74 Å². The van der Waals surface area contributed by atoms with Gasteiger partial charge in [0.25, 0.3) is 0 Å². The number of aromatic carboxylic acids is 1. The lowest BCUT2D eigenvalue weighted by atomic mass is 9.92. The molecule has 0 fully saturated rings. The Morgan fingerprint density at radius 1 is 1.17 bits per heavy atom. The van der Waals surface area contributed by atoms with Crippen LogP contribution in [0.3, 0.4) is 0 Å². The van der Waals surface area contributed by atoms with Crippen LogP contribution in [-0.2, 0) is 11.3 Å². The van der Waals surface area contributed by atoms with Gasteiger partial charge in [-0.25, -0.2) is 4.79 Å². The largest absolute Gasteiger partial charge is 0.493 e. The minimum absolute atomic E-state index is 0.0491. The maximum atomic E-state index is 12.8. The Labute approximate surface area is 140 Å². The van der Waals surface area contributed by atoms with Gasteiger partial charge in [-0.2, -0.15) is 0 Å². The topological polar surface area (TPSA) is 66.8 Å². The van der Waals surface area contributed by atoms with Crippen molar-refractivity contribution < 1.29 is 19.4 Å². The minimum atomic E-state index is -0.954. The van der Waals surface area contributed by atoms with Crippen LogP contribution in [0.1, 0.15) is 33.8 Å². The summed E-state index contributed by atoms with van der Waals surface area (Å²) in [7, 11) is 1.77. The zero-order valence-corrected chi connectivity index (χ0v) is 13.4. The summed E-state index contributed by atoms with van der Waals surface area (Å²) >= 11 is 0. The minimum Gasteiger partial charge on any atom is -0.493 e. The quantitative estimate of drug-likeness (QED) is 0.938. The van der Waals surface area contributed by atoms with E-state index in [0.717, 1.165) is 16.9 Å². The number of carbonyl (C=O) groups excluding carboxylic acids is 1. The summed E-state index contributed by atoms with van der Waals surface area (Å²) in [5.41, 5.74) is 2.07. The van der Waals surface area contributed by atoms with Gasteiger partial charge in [0.1, 0.15) is 5.75 Å². The molecule has 0 radical (unpaired) electrons. The Hall–Kier alpha value is -2.82. The second-order valence-electron chi connectivity index (χ2n) is 5.92. The highest BCUT2D eigenvalue weighted by Gasteiger charge is 2.29. The molecule has 1 aliphatic heterocycles. The van der Waals surface area contributed by atoms with Gasteiger partial charge in [-0.3, -0.25) is 4.79 Å². The van der Waals surface area contributed by atoms with Gasteiger partial charge < -0.3 is 14.7 Å². The van der Waals surface area contributed by atoms with Crippen molar-refractivity contribution in [1.82, 2.24) is 4.90 Å². The molecular formula is C19H19NO4. The average Bonchev–Trinajstić information content (AvgIpc) is 2.61. The van der Waals surface area contributed by atoms with Crippen molar-refractivity contribution >= 4 is 11.9 Å². The number of fused-ring (bicyclic) bond motifs is 1. The Balaban J connectivity index is 1.72. The van der Waals surface area contributed by atoms with Crippen LogP contribution in [0.5, 0.6) is 5.75 Å². The number of carbonyl (C=O) groups is 2. The molecule has 5 heteroatoms. The van der Waals surface area contributed by atoms with E-state index in [1.54, 1.807) is 36.2 Å². The molecule has 24 heavy (non-hydrogen) atoms. The third kappa shape index (κ3) is 3.25. The smallest absolute Gasteiger partial charge is 0.335 e. The van der Waals surface area contributed by atoms with Gasteiger partial charge in [0.15, 0.2) is 0 Å². The zero-order valence-electron chi connectivity index (χ0n) is 13.4. The van der Waals surface area contributed by atoms with E-state index in [0.29, 0.717) is 19.6 Å². The molecular weight excluding hydrogens is 306 g/mol. The third-order valence-corrected chi connectivity index (χ3v) is 4.25. The maximum Gasteiger partial charge on any atom is 0.335 e. The first-order chi connectivity index (χ1) is 11.6. The Kier molecular flexibility index (Phi) is 4.51. The normalized spacial score (nSPS) is 16.0. The summed E-state index contributed by atoms with van der Waals surface area (Å²) in [4.78, 5) is 25.4. The number of nitrogens with zero attached hydrogens (tertiary/aromatic N) is 1. The fourth-order valence-corrected chi connectivity index (χ4v) is 2.97. The predicted molar refractivity (Wildman–Crippen MR) is 89.2 cm³/mol. The Morgan fingerprint density at radius 3 is 2.58 bits per heavy atom. The Bertz CT molecular complexity index is 754. The molecule has 0 spiro atoms. The van der Waals surface area contributed by atoms with Gasteiger partial charge >= 0.3 is 5.97 Å². The van der Waals surface area contributed by atoms with Crippen molar-refractivity contribution in [1.29, 1.82) is 0 Å². The van der Waals surface area contributed by atoms with Crippen LogP contribution in [0.4, 0.5) is 0 Å². The molecule has 0 aromatic heterocycles. The van der Waals surface area contributed by atoms with Crippen LogP contribution in [0.15, 0.2) is 48.5 Å². The lowest BCUT2D eigenvalue weighted by Gasteiger charge is -2.28. The number of carboxylic acid groups (broad SMARTS) is 1. The molecule has 5 nitrogen and oxygen atoms in total. The van der Waals surface area contributed by atoms with Crippen molar-refractivity contribution in [3.05, 3.63) is 65.2 Å². The fraction of sp³-hybridized carbons (Fsp3) is 0.263. The van der Waals surface area contributed by atoms with E-state index in [2.05, 4.69) is 0 Å². The summed E-state index contributed by atoms with van der Waals surface area (Å²) in [5, 5.41) is 8.93. The SMILES string of the molecule is CN(Cc1ccc(C(=O)O)cc1)C(=O)[C@H]1CCOc2ccccc21. The highest BCUT2D eigenvalue weighted by molar-refractivity contribution is 5.87. The standard InChI is InChI=1S/C19H19NO4/c1-20(12-13-6-8-14(9-7-13)19(22)23)18(21)16-10-11-24-17-5-3-2-4-15(16)17/h2-9,16H,10-12H2,1H3,(H,22,23)/t16-/m0/s1. The summed E-state index contributed by atoms with van der Waals surface area (Å²) in [6.45, 7) is 0.979. The molecule has 0 saturated carbocycles. The third-order valence-electron chi connectivity index (χ3n) is 4.25. The van der Waals surface area contributed by atoms with Gasteiger partial charge in [-0.15, -0.1) is 0 Å².